The number of H-pyrrole nitrogens is 1. The van der Waals surface area contributed by atoms with E-state index in [4.69, 9.17) is 5.11 Å². The molecular weight excluding hydrogens is 266 g/mol. The molecule has 1 rings (SSSR count). The Labute approximate surface area is 115 Å². The van der Waals surface area contributed by atoms with Gasteiger partial charge in [-0.05, 0) is 20.3 Å². The van der Waals surface area contributed by atoms with Gasteiger partial charge in [0.1, 0.15) is 5.69 Å². The molecule has 0 bridgehead atoms. The number of nitrogens with zero attached hydrogens (tertiary/aromatic N) is 2. The number of carboxylic acid groups (broad SMARTS) is 1. The number of hydrogen-bond acceptors (Lipinski definition) is 4. The molecule has 1 heterocycles. The van der Waals surface area contributed by atoms with E-state index in [2.05, 4.69) is 4.98 Å². The number of aromatic amines is 1. The number of aromatic nitrogens is 1. The lowest BCUT2D eigenvalue weighted by Gasteiger charge is -2.26. The quantitative estimate of drug-likeness (QED) is 0.582. The van der Waals surface area contributed by atoms with E-state index in [9.17, 15) is 19.7 Å². The van der Waals surface area contributed by atoms with Crippen LogP contribution in [0.15, 0.2) is 12.3 Å². The van der Waals surface area contributed by atoms with E-state index in [1.807, 2.05) is 0 Å². The maximum absolute atomic E-state index is 12.2. The second-order valence-electron chi connectivity index (χ2n) is 4.62. The minimum Gasteiger partial charge on any atom is -0.481 e. The predicted molar refractivity (Wildman–Crippen MR) is 70.5 cm³/mol. The molecule has 0 fully saturated rings. The maximum Gasteiger partial charge on any atom is 0.303 e. The summed E-state index contributed by atoms with van der Waals surface area (Å²) in [6.45, 7) is 3.89. The van der Waals surface area contributed by atoms with Crippen LogP contribution in [0.3, 0.4) is 0 Å². The smallest absolute Gasteiger partial charge is 0.303 e. The second-order valence-corrected chi connectivity index (χ2v) is 4.62. The highest BCUT2D eigenvalue weighted by atomic mass is 16.6. The van der Waals surface area contributed by atoms with E-state index in [-0.39, 0.29) is 36.3 Å². The molecule has 0 spiro atoms. The average molecular weight is 283 g/mol. The van der Waals surface area contributed by atoms with E-state index in [1.54, 1.807) is 13.8 Å². The second kappa shape index (κ2) is 6.69. The lowest BCUT2D eigenvalue weighted by Crippen LogP contribution is -2.38. The summed E-state index contributed by atoms with van der Waals surface area (Å²) < 4.78 is 0. The predicted octanol–water partition coefficient (Wildman–Crippen LogP) is 1.64. The first kappa shape index (κ1) is 15.7. The van der Waals surface area contributed by atoms with Crippen LogP contribution in [0.4, 0.5) is 5.69 Å². The van der Waals surface area contributed by atoms with Gasteiger partial charge >= 0.3 is 5.97 Å². The van der Waals surface area contributed by atoms with Gasteiger partial charge in [0, 0.05) is 25.1 Å². The fraction of sp³-hybridized carbons (Fsp3) is 0.500. The Morgan fingerprint density at radius 2 is 2.15 bits per heavy atom. The number of nitro groups is 1. The summed E-state index contributed by atoms with van der Waals surface area (Å²) in [7, 11) is 0. The fourth-order valence-electron chi connectivity index (χ4n) is 1.76. The van der Waals surface area contributed by atoms with Crippen molar-refractivity contribution in [2.24, 2.45) is 0 Å². The van der Waals surface area contributed by atoms with Crippen molar-refractivity contribution in [1.82, 2.24) is 9.88 Å². The minimum atomic E-state index is -0.920. The maximum atomic E-state index is 12.2. The van der Waals surface area contributed by atoms with Crippen molar-refractivity contribution in [2.75, 3.05) is 6.54 Å². The van der Waals surface area contributed by atoms with E-state index in [0.29, 0.717) is 6.42 Å². The molecule has 0 aliphatic rings. The Morgan fingerprint density at radius 3 is 2.60 bits per heavy atom. The molecule has 1 aromatic heterocycles. The molecule has 0 aliphatic heterocycles. The average Bonchev–Trinajstić information content (AvgIpc) is 2.82. The van der Waals surface area contributed by atoms with Gasteiger partial charge in [0.2, 0.25) is 0 Å². The van der Waals surface area contributed by atoms with Gasteiger partial charge in [0.25, 0.3) is 11.6 Å². The monoisotopic (exact) mass is 283 g/mol. The highest BCUT2D eigenvalue weighted by Crippen LogP contribution is 2.15. The topological polar surface area (TPSA) is 117 Å². The zero-order chi connectivity index (χ0) is 15.3. The van der Waals surface area contributed by atoms with Crippen molar-refractivity contribution in [3.05, 3.63) is 28.1 Å². The summed E-state index contributed by atoms with van der Waals surface area (Å²) in [5, 5.41) is 19.2. The molecule has 0 saturated heterocycles. The van der Waals surface area contributed by atoms with Crippen LogP contribution in [0, 0.1) is 10.1 Å². The van der Waals surface area contributed by atoms with Gasteiger partial charge in [-0.1, -0.05) is 0 Å². The van der Waals surface area contributed by atoms with Crippen molar-refractivity contribution < 1.29 is 19.6 Å². The molecule has 110 valence electrons. The van der Waals surface area contributed by atoms with Crippen molar-refractivity contribution >= 4 is 17.6 Å². The van der Waals surface area contributed by atoms with Crippen molar-refractivity contribution in [3.8, 4) is 0 Å². The van der Waals surface area contributed by atoms with Gasteiger partial charge in [-0.15, -0.1) is 0 Å². The van der Waals surface area contributed by atoms with Gasteiger partial charge in [-0.25, -0.2) is 0 Å². The van der Waals surface area contributed by atoms with Gasteiger partial charge in [-0.3, -0.25) is 19.7 Å². The van der Waals surface area contributed by atoms with Crippen LogP contribution in [0.2, 0.25) is 0 Å². The largest absolute Gasteiger partial charge is 0.481 e. The highest BCUT2D eigenvalue weighted by Gasteiger charge is 2.22. The van der Waals surface area contributed by atoms with Gasteiger partial charge in [0.05, 0.1) is 11.1 Å². The number of carboxylic acids is 1. The van der Waals surface area contributed by atoms with E-state index < -0.39 is 10.9 Å². The van der Waals surface area contributed by atoms with Gasteiger partial charge in [0.15, 0.2) is 0 Å². The standard InChI is InChI=1S/C12H17N3O5/c1-8(2)14(5-3-4-11(16)17)12(18)10-6-9(7-13-10)15(19)20/h6-8,13H,3-5H2,1-2H3,(H,16,17). The number of hydrogen-bond donors (Lipinski definition) is 2. The fourth-order valence-corrected chi connectivity index (χ4v) is 1.76. The highest BCUT2D eigenvalue weighted by molar-refractivity contribution is 5.93. The first-order valence-corrected chi connectivity index (χ1v) is 6.18. The number of aliphatic carboxylic acids is 1. The Bertz CT molecular complexity index is 509. The summed E-state index contributed by atoms with van der Waals surface area (Å²) in [6, 6.07) is 1.05. The third-order valence-corrected chi connectivity index (χ3v) is 2.78. The minimum absolute atomic E-state index is 0.0264. The molecule has 0 aliphatic carbocycles. The van der Waals surface area contributed by atoms with Crippen LogP contribution in [0.5, 0.6) is 0 Å². The molecule has 2 N–H and O–H groups in total. The van der Waals surface area contributed by atoms with Gasteiger partial charge < -0.3 is 15.0 Å². The van der Waals surface area contributed by atoms with Crippen molar-refractivity contribution in [1.29, 1.82) is 0 Å². The summed E-state index contributed by atoms with van der Waals surface area (Å²) in [5.74, 6) is -1.30. The zero-order valence-corrected chi connectivity index (χ0v) is 11.3. The molecular formula is C12H17N3O5. The van der Waals surface area contributed by atoms with Crippen LogP contribution >= 0.6 is 0 Å². The third-order valence-electron chi connectivity index (χ3n) is 2.78. The first-order valence-electron chi connectivity index (χ1n) is 6.18. The van der Waals surface area contributed by atoms with E-state index in [0.717, 1.165) is 6.20 Å². The Morgan fingerprint density at radius 1 is 1.50 bits per heavy atom. The summed E-state index contributed by atoms with van der Waals surface area (Å²) in [4.78, 5) is 36.8. The van der Waals surface area contributed by atoms with E-state index >= 15 is 0 Å². The number of amides is 1. The molecule has 0 radical (unpaired) electrons. The van der Waals surface area contributed by atoms with Gasteiger partial charge in [-0.2, -0.15) is 0 Å². The number of nitrogens with one attached hydrogen (secondary N) is 1. The van der Waals surface area contributed by atoms with Crippen LogP contribution in [-0.4, -0.2) is 44.4 Å². The SMILES string of the molecule is CC(C)N(CCCC(=O)O)C(=O)c1cc([N+](=O)[O-])c[nH]1. The molecule has 0 aromatic carbocycles. The molecule has 0 unspecified atom stereocenters. The molecule has 8 heteroatoms. The van der Waals surface area contributed by atoms with Crippen LogP contribution < -0.4 is 0 Å². The number of rotatable bonds is 7. The lowest BCUT2D eigenvalue weighted by molar-refractivity contribution is -0.384. The van der Waals surface area contributed by atoms with Crippen molar-refractivity contribution in [2.45, 2.75) is 32.7 Å². The third kappa shape index (κ3) is 4.08. The van der Waals surface area contributed by atoms with E-state index in [1.165, 1.54) is 11.0 Å². The molecule has 1 aromatic rings. The number of carbonyl (C=O) groups excluding carboxylic acids is 1. The zero-order valence-electron chi connectivity index (χ0n) is 11.3. The number of carbonyl (C=O) groups is 2. The lowest BCUT2D eigenvalue weighted by atomic mass is 10.2. The molecule has 8 nitrogen and oxygen atoms in total. The summed E-state index contributed by atoms with van der Waals surface area (Å²) in [6.07, 6.45) is 1.46. The van der Waals surface area contributed by atoms with Crippen molar-refractivity contribution in [3.63, 3.8) is 0 Å². The summed E-state index contributed by atoms with van der Waals surface area (Å²) >= 11 is 0. The molecule has 0 saturated carbocycles. The molecule has 20 heavy (non-hydrogen) atoms. The first-order chi connectivity index (χ1) is 9.32. The Balaban J connectivity index is 2.77. The molecule has 0 atom stereocenters. The Hall–Kier alpha value is -2.38. The van der Waals surface area contributed by atoms with Crippen LogP contribution in [-0.2, 0) is 4.79 Å². The molecule has 1 amide bonds. The Kier molecular flexibility index (Phi) is 5.24. The normalized spacial score (nSPS) is 10.6. The van der Waals surface area contributed by atoms with Crippen LogP contribution in [0.1, 0.15) is 37.2 Å². The van der Waals surface area contributed by atoms with Crippen LogP contribution in [0.25, 0.3) is 0 Å². The summed E-state index contributed by atoms with van der Waals surface area (Å²) in [5.41, 5.74) is -0.0525.